The quantitative estimate of drug-likeness (QED) is 0.613. The van der Waals surface area contributed by atoms with Gasteiger partial charge in [-0.25, -0.2) is 0 Å². The molecule has 0 aliphatic carbocycles. The summed E-state index contributed by atoms with van der Waals surface area (Å²) in [5, 5.41) is 0.559. The van der Waals surface area contributed by atoms with Gasteiger partial charge in [0.15, 0.2) is 5.78 Å². The highest BCUT2D eigenvalue weighted by Gasteiger charge is 2.09. The van der Waals surface area contributed by atoms with E-state index < -0.39 is 0 Å². The van der Waals surface area contributed by atoms with Crippen LogP contribution in [0.4, 0.5) is 0 Å². The Bertz CT molecular complexity index is 744. The number of rotatable bonds is 3. The Balaban J connectivity index is 1.78. The van der Waals surface area contributed by atoms with Crippen molar-refractivity contribution in [3.63, 3.8) is 0 Å². The van der Waals surface area contributed by atoms with Crippen molar-refractivity contribution in [1.29, 1.82) is 0 Å². The molecule has 3 rings (SSSR count). The highest BCUT2D eigenvalue weighted by Crippen LogP contribution is 2.26. The molecule has 0 N–H and O–H groups in total. The summed E-state index contributed by atoms with van der Waals surface area (Å²) >= 11 is 5.89. The van der Waals surface area contributed by atoms with E-state index in [1.165, 1.54) is 0 Å². The molecule has 2 nitrogen and oxygen atoms in total. The average Bonchev–Trinajstić information content (AvgIpc) is 2.52. The molecular weight excluding hydrogens is 284 g/mol. The normalized spacial score (nSPS) is 13.5. The summed E-state index contributed by atoms with van der Waals surface area (Å²) < 4.78 is 5.64. The van der Waals surface area contributed by atoms with Gasteiger partial charge in [0.25, 0.3) is 0 Å². The molecule has 0 saturated heterocycles. The number of benzene rings is 2. The van der Waals surface area contributed by atoms with E-state index in [0.29, 0.717) is 17.2 Å². The summed E-state index contributed by atoms with van der Waals surface area (Å²) in [7, 11) is 0. The Kier molecular flexibility index (Phi) is 3.89. The van der Waals surface area contributed by atoms with Crippen molar-refractivity contribution in [2.45, 2.75) is 0 Å². The first-order valence-corrected chi connectivity index (χ1v) is 7.00. The van der Waals surface area contributed by atoms with Crippen molar-refractivity contribution in [3.05, 3.63) is 82.4 Å². The SMILES string of the molecule is O=C(/C=C/C1=Cc2ccccc2OC1)c1cccc(Cl)c1. The molecule has 104 valence electrons. The molecule has 21 heavy (non-hydrogen) atoms. The first-order valence-electron chi connectivity index (χ1n) is 6.63. The molecule has 0 bridgehead atoms. The zero-order chi connectivity index (χ0) is 14.7. The monoisotopic (exact) mass is 296 g/mol. The molecule has 0 amide bonds. The second-order valence-corrected chi connectivity index (χ2v) is 5.19. The van der Waals surface area contributed by atoms with Crippen LogP contribution >= 0.6 is 11.6 Å². The Morgan fingerprint density at radius 1 is 1.14 bits per heavy atom. The van der Waals surface area contributed by atoms with E-state index in [-0.39, 0.29) is 5.78 Å². The van der Waals surface area contributed by atoms with Gasteiger partial charge in [-0.05, 0) is 35.9 Å². The van der Waals surface area contributed by atoms with E-state index in [4.69, 9.17) is 16.3 Å². The largest absolute Gasteiger partial charge is 0.488 e. The molecule has 2 aromatic rings. The van der Waals surface area contributed by atoms with Gasteiger partial charge in [-0.3, -0.25) is 4.79 Å². The number of ether oxygens (including phenoxy) is 1. The van der Waals surface area contributed by atoms with Crippen LogP contribution in [0.15, 0.2) is 66.3 Å². The van der Waals surface area contributed by atoms with Gasteiger partial charge in [-0.15, -0.1) is 0 Å². The Labute approximate surface area is 128 Å². The summed E-state index contributed by atoms with van der Waals surface area (Å²) in [4.78, 5) is 12.1. The van der Waals surface area contributed by atoms with Crippen LogP contribution in [0.25, 0.3) is 6.08 Å². The van der Waals surface area contributed by atoms with Crippen LogP contribution in [0.3, 0.4) is 0 Å². The highest BCUT2D eigenvalue weighted by atomic mass is 35.5. The van der Waals surface area contributed by atoms with Gasteiger partial charge in [0.05, 0.1) is 0 Å². The fraction of sp³-hybridized carbons (Fsp3) is 0.0556. The van der Waals surface area contributed by atoms with Gasteiger partial charge >= 0.3 is 0 Å². The number of halogens is 1. The van der Waals surface area contributed by atoms with E-state index in [1.807, 2.05) is 30.3 Å². The standard InChI is InChI=1S/C18H13ClO2/c19-16-6-3-5-14(11-16)17(20)9-8-13-10-15-4-1-2-7-18(15)21-12-13/h1-11H,12H2/b9-8+. The number of carbonyl (C=O) groups is 1. The predicted octanol–water partition coefficient (Wildman–Crippen LogP) is 4.55. The fourth-order valence-electron chi connectivity index (χ4n) is 2.15. The summed E-state index contributed by atoms with van der Waals surface area (Å²) in [6.07, 6.45) is 5.37. The number of hydrogen-bond acceptors (Lipinski definition) is 2. The second-order valence-electron chi connectivity index (χ2n) is 4.75. The molecule has 0 atom stereocenters. The number of allylic oxidation sites excluding steroid dienone is 1. The smallest absolute Gasteiger partial charge is 0.185 e. The number of para-hydroxylation sites is 1. The summed E-state index contributed by atoms with van der Waals surface area (Å²) in [5.41, 5.74) is 2.57. The van der Waals surface area contributed by atoms with Crippen LogP contribution in [0.1, 0.15) is 15.9 Å². The van der Waals surface area contributed by atoms with Gasteiger partial charge in [0.2, 0.25) is 0 Å². The van der Waals surface area contributed by atoms with Crippen LogP contribution < -0.4 is 4.74 Å². The maximum Gasteiger partial charge on any atom is 0.185 e. The highest BCUT2D eigenvalue weighted by molar-refractivity contribution is 6.31. The molecule has 0 unspecified atom stereocenters. The van der Waals surface area contributed by atoms with Crippen molar-refractivity contribution in [3.8, 4) is 5.75 Å². The van der Waals surface area contributed by atoms with Crippen molar-refractivity contribution in [1.82, 2.24) is 0 Å². The fourth-order valence-corrected chi connectivity index (χ4v) is 2.34. The lowest BCUT2D eigenvalue weighted by molar-refractivity contribution is 0.104. The Morgan fingerprint density at radius 3 is 2.86 bits per heavy atom. The second kappa shape index (κ2) is 5.98. The van der Waals surface area contributed by atoms with Crippen molar-refractivity contribution in [2.24, 2.45) is 0 Å². The van der Waals surface area contributed by atoms with Crippen molar-refractivity contribution >= 4 is 23.5 Å². The third kappa shape index (κ3) is 3.23. The van der Waals surface area contributed by atoms with E-state index in [1.54, 1.807) is 36.4 Å². The van der Waals surface area contributed by atoms with Gasteiger partial charge in [0.1, 0.15) is 12.4 Å². The molecule has 0 spiro atoms. The topological polar surface area (TPSA) is 26.3 Å². The maximum atomic E-state index is 12.1. The molecule has 0 saturated carbocycles. The van der Waals surface area contributed by atoms with Crippen molar-refractivity contribution in [2.75, 3.05) is 6.61 Å². The van der Waals surface area contributed by atoms with Gasteiger partial charge in [-0.2, -0.15) is 0 Å². The molecule has 2 aromatic carbocycles. The minimum absolute atomic E-state index is 0.0720. The number of hydrogen-bond donors (Lipinski definition) is 0. The third-order valence-corrected chi connectivity index (χ3v) is 3.45. The van der Waals surface area contributed by atoms with Crippen LogP contribution in [0.5, 0.6) is 5.75 Å². The third-order valence-electron chi connectivity index (χ3n) is 3.21. The maximum absolute atomic E-state index is 12.1. The van der Waals surface area contributed by atoms with E-state index >= 15 is 0 Å². The molecule has 0 fully saturated rings. The van der Waals surface area contributed by atoms with Crippen LogP contribution in [-0.4, -0.2) is 12.4 Å². The minimum atomic E-state index is -0.0720. The zero-order valence-electron chi connectivity index (χ0n) is 11.3. The van der Waals surface area contributed by atoms with Gasteiger partial charge in [0, 0.05) is 16.1 Å². The van der Waals surface area contributed by atoms with E-state index in [0.717, 1.165) is 16.9 Å². The number of carbonyl (C=O) groups excluding carboxylic acids is 1. The minimum Gasteiger partial charge on any atom is -0.488 e. The zero-order valence-corrected chi connectivity index (χ0v) is 12.0. The number of ketones is 1. The van der Waals surface area contributed by atoms with Crippen LogP contribution in [0, 0.1) is 0 Å². The summed E-state index contributed by atoms with van der Waals surface area (Å²) in [6.45, 7) is 0.469. The molecule has 3 heteroatoms. The van der Waals surface area contributed by atoms with Crippen LogP contribution in [-0.2, 0) is 0 Å². The lowest BCUT2D eigenvalue weighted by Gasteiger charge is -2.15. The van der Waals surface area contributed by atoms with E-state index in [9.17, 15) is 4.79 Å². The Morgan fingerprint density at radius 2 is 2.00 bits per heavy atom. The predicted molar refractivity (Wildman–Crippen MR) is 84.8 cm³/mol. The molecular formula is C18H13ClO2. The molecule has 1 aliphatic heterocycles. The number of fused-ring (bicyclic) bond motifs is 1. The van der Waals surface area contributed by atoms with E-state index in [2.05, 4.69) is 0 Å². The molecule has 0 radical (unpaired) electrons. The first-order chi connectivity index (χ1) is 10.2. The molecule has 1 aliphatic rings. The average molecular weight is 297 g/mol. The lowest BCUT2D eigenvalue weighted by atomic mass is 10.1. The summed E-state index contributed by atoms with van der Waals surface area (Å²) in [5.74, 6) is 0.799. The molecule has 1 heterocycles. The van der Waals surface area contributed by atoms with Gasteiger partial charge in [-0.1, -0.05) is 48.0 Å². The molecule has 0 aromatic heterocycles. The van der Waals surface area contributed by atoms with Crippen LogP contribution in [0.2, 0.25) is 5.02 Å². The lowest BCUT2D eigenvalue weighted by Crippen LogP contribution is -2.06. The first kappa shape index (κ1) is 13.7. The van der Waals surface area contributed by atoms with Gasteiger partial charge < -0.3 is 4.74 Å². The van der Waals surface area contributed by atoms with Crippen molar-refractivity contribution < 1.29 is 9.53 Å². The summed E-state index contributed by atoms with van der Waals surface area (Å²) in [6, 6.07) is 14.7. The Hall–Kier alpha value is -2.32.